The Morgan fingerprint density at radius 2 is 1.10 bits per heavy atom. The number of carbonyl (C=O) groups is 8. The van der Waals surface area contributed by atoms with Gasteiger partial charge in [0.2, 0.25) is 17.7 Å². The number of nitrogens with one attached hydrogen (secondary N) is 3. The number of Topliss-reactive ketones (excluding diaryl/α,β-unsaturated/α-hetero) is 2. The van der Waals surface area contributed by atoms with E-state index in [0.717, 1.165) is 32.1 Å². The molecule has 0 saturated heterocycles. The monoisotopic (exact) mass is 823 g/mol. The molecule has 1 aliphatic rings. The molecule has 2 aromatic rings. The Bertz CT molecular complexity index is 1680. The summed E-state index contributed by atoms with van der Waals surface area (Å²) in [5, 5.41) is 36.5. The van der Waals surface area contributed by atoms with E-state index in [1.165, 1.54) is 0 Å². The van der Waals surface area contributed by atoms with Gasteiger partial charge in [0.15, 0.2) is 11.6 Å². The minimum Gasteiger partial charge on any atom is -0.481 e. The number of hydrogen-bond donors (Lipinski definition) is 7. The highest BCUT2D eigenvalue weighted by Crippen LogP contribution is 2.36. The maximum atomic E-state index is 14.7. The van der Waals surface area contributed by atoms with E-state index in [2.05, 4.69) is 28.6 Å². The van der Waals surface area contributed by atoms with E-state index in [9.17, 15) is 53.7 Å². The molecule has 14 nitrogen and oxygen atoms in total. The van der Waals surface area contributed by atoms with Gasteiger partial charge in [0, 0.05) is 49.2 Å². The summed E-state index contributed by atoms with van der Waals surface area (Å²) < 4.78 is 0. The lowest BCUT2D eigenvalue weighted by atomic mass is 9.76. The highest BCUT2D eigenvalue weighted by Gasteiger charge is 2.38. The fourth-order valence-corrected chi connectivity index (χ4v) is 7.69. The Labute approximate surface area is 344 Å². The summed E-state index contributed by atoms with van der Waals surface area (Å²) in [6, 6.07) is 13.8. The zero-order chi connectivity index (χ0) is 42.8. The average molecular weight is 824 g/mol. The third kappa shape index (κ3) is 15.4. The van der Waals surface area contributed by atoms with Gasteiger partial charge in [0.05, 0.1) is 18.0 Å². The molecule has 0 aliphatic heterocycles. The fraction of sp³-hybridized carbons (Fsp3) is 0.535. The Morgan fingerprint density at radius 3 is 1.55 bits per heavy atom. The summed E-state index contributed by atoms with van der Waals surface area (Å²) in [4.78, 5) is 105. The number of carboxylic acids is 3. The first kappa shape index (κ1) is 47.3. The molecule has 1 aliphatic carbocycles. The van der Waals surface area contributed by atoms with Crippen LogP contribution in [0.5, 0.6) is 0 Å². The topological polar surface area (TPSA) is 233 Å². The predicted octanol–water partition coefficient (Wildman–Crippen LogP) is 4.79. The van der Waals surface area contributed by atoms with Crippen molar-refractivity contribution in [1.82, 2.24) is 16.0 Å². The van der Waals surface area contributed by atoms with Crippen LogP contribution in [-0.2, 0) is 38.4 Å². The van der Waals surface area contributed by atoms with Crippen LogP contribution >= 0.6 is 12.6 Å². The third-order valence-corrected chi connectivity index (χ3v) is 11.0. The van der Waals surface area contributed by atoms with Gasteiger partial charge in [0.1, 0.15) is 6.04 Å². The molecule has 0 aromatic heterocycles. The number of ketones is 2. The van der Waals surface area contributed by atoms with Gasteiger partial charge in [-0.25, -0.2) is 4.79 Å². The van der Waals surface area contributed by atoms with Crippen molar-refractivity contribution in [2.45, 2.75) is 115 Å². The number of amides is 3. The third-order valence-electron chi connectivity index (χ3n) is 10.7. The molecule has 3 amide bonds. The number of aliphatic carboxylic acids is 3. The minimum absolute atomic E-state index is 0.0989. The molecule has 0 unspecified atom stereocenters. The van der Waals surface area contributed by atoms with Gasteiger partial charge < -0.3 is 31.3 Å². The molecule has 2 aromatic carbocycles. The quantitative estimate of drug-likeness (QED) is 0.0673. The number of benzene rings is 2. The minimum atomic E-state index is -1.40. The summed E-state index contributed by atoms with van der Waals surface area (Å²) >= 11 is 4.05. The second kappa shape index (κ2) is 24.0. The maximum Gasteiger partial charge on any atom is 0.327 e. The van der Waals surface area contributed by atoms with Crippen LogP contribution in [0.2, 0.25) is 0 Å². The molecule has 58 heavy (non-hydrogen) atoms. The molecule has 5 atom stereocenters. The normalized spacial score (nSPS) is 15.7. The number of carbonyl (C=O) groups excluding carboxylic acids is 5. The van der Waals surface area contributed by atoms with Gasteiger partial charge in [-0.3, -0.25) is 33.6 Å². The number of rotatable bonds is 25. The summed E-state index contributed by atoms with van der Waals surface area (Å²) in [5.41, 5.74) is 1.29. The first-order valence-corrected chi connectivity index (χ1v) is 20.6. The molecular formula is C43H57N3O11S. The SMILES string of the molecule is CC(C)C(=O)N[C@@H](CCC(=O)O)C(=O)C[C@H](C(=O)N[C@@H](CCC(=O)O)C(=O)C[C@@H](CC1CCCCC1)C(=O)N[C@@H](CS)C(=O)O)C(c1ccccc1)c1ccccc1. The Morgan fingerprint density at radius 1 is 0.638 bits per heavy atom. The molecule has 1 fully saturated rings. The zero-order valence-electron chi connectivity index (χ0n) is 33.1. The zero-order valence-corrected chi connectivity index (χ0v) is 34.0. The van der Waals surface area contributed by atoms with Gasteiger partial charge >= 0.3 is 17.9 Å². The molecule has 0 radical (unpaired) electrons. The highest BCUT2D eigenvalue weighted by molar-refractivity contribution is 7.80. The van der Waals surface area contributed by atoms with Gasteiger partial charge in [-0.1, -0.05) is 107 Å². The fourth-order valence-electron chi connectivity index (χ4n) is 7.45. The number of thiol groups is 1. The van der Waals surface area contributed by atoms with Gasteiger partial charge in [-0.15, -0.1) is 0 Å². The summed E-state index contributed by atoms with van der Waals surface area (Å²) in [6.07, 6.45) is 2.46. The largest absolute Gasteiger partial charge is 0.481 e. The van der Waals surface area contributed by atoms with Crippen molar-refractivity contribution in [2.24, 2.45) is 23.7 Å². The second-order valence-corrected chi connectivity index (χ2v) is 15.8. The molecule has 1 saturated carbocycles. The van der Waals surface area contributed by atoms with Gasteiger partial charge in [-0.2, -0.15) is 12.6 Å². The van der Waals surface area contributed by atoms with Crippen molar-refractivity contribution >= 4 is 59.8 Å². The molecular weight excluding hydrogens is 767 g/mol. The average Bonchev–Trinajstić information content (AvgIpc) is 3.20. The summed E-state index contributed by atoms with van der Waals surface area (Å²) in [7, 11) is 0. The lowest BCUT2D eigenvalue weighted by Gasteiger charge is -2.31. The molecule has 15 heteroatoms. The van der Waals surface area contributed by atoms with E-state index in [-0.39, 0.29) is 30.9 Å². The molecule has 316 valence electrons. The van der Waals surface area contributed by atoms with E-state index >= 15 is 0 Å². The van der Waals surface area contributed by atoms with E-state index < -0.39 is 115 Å². The van der Waals surface area contributed by atoms with E-state index in [0.29, 0.717) is 11.1 Å². The van der Waals surface area contributed by atoms with Crippen LogP contribution in [0.25, 0.3) is 0 Å². The van der Waals surface area contributed by atoms with E-state index in [1.54, 1.807) is 74.5 Å². The van der Waals surface area contributed by atoms with Crippen molar-refractivity contribution in [3.8, 4) is 0 Å². The number of carboxylic acid groups (broad SMARTS) is 3. The van der Waals surface area contributed by atoms with Crippen LogP contribution in [0, 0.1) is 23.7 Å². The maximum absolute atomic E-state index is 14.7. The van der Waals surface area contributed by atoms with Crippen molar-refractivity contribution in [3.05, 3.63) is 71.8 Å². The van der Waals surface area contributed by atoms with Gasteiger partial charge in [-0.05, 0) is 36.3 Å². The molecule has 0 heterocycles. The summed E-state index contributed by atoms with van der Waals surface area (Å²) in [6.45, 7) is 3.24. The smallest absolute Gasteiger partial charge is 0.327 e. The Balaban J connectivity index is 2.06. The van der Waals surface area contributed by atoms with E-state index in [4.69, 9.17) is 0 Å². The molecule has 0 bridgehead atoms. The first-order chi connectivity index (χ1) is 27.6. The van der Waals surface area contributed by atoms with Crippen molar-refractivity contribution in [2.75, 3.05) is 5.75 Å². The van der Waals surface area contributed by atoms with Crippen LogP contribution in [0.1, 0.15) is 108 Å². The first-order valence-electron chi connectivity index (χ1n) is 19.9. The summed E-state index contributed by atoms with van der Waals surface area (Å²) in [5.74, 6) is -10.5. The van der Waals surface area contributed by atoms with Gasteiger partial charge in [0.25, 0.3) is 0 Å². The standard InChI is InChI=1S/C43H57N3O11S/c1-26(2)40(53)44-33(19-21-38(51)52)36(48)24-31(39(28-14-8-4-9-15-28)29-16-10-5-11-17-29)42(55)45-32(18-20-37(49)50)35(47)23-30(22-27-12-6-3-7-13-27)41(54)46-34(25-58)43(56)57/h4-5,8-11,14-17,26-27,30-34,39,58H,3,6-7,12-13,18-25H2,1-2H3,(H,44,53)(H,45,55)(H,46,54)(H,49,50)(H,51,52)(H,56,57)/t30-,31+,32+,33+,34+/m1/s1. The van der Waals surface area contributed by atoms with Crippen LogP contribution in [0.3, 0.4) is 0 Å². The second-order valence-electron chi connectivity index (χ2n) is 15.4. The van der Waals surface area contributed by atoms with Crippen LogP contribution in [-0.4, -0.2) is 86.4 Å². The van der Waals surface area contributed by atoms with Crippen LogP contribution in [0.15, 0.2) is 60.7 Å². The van der Waals surface area contributed by atoms with Crippen molar-refractivity contribution in [3.63, 3.8) is 0 Å². The Kier molecular flexibility index (Phi) is 19.6. The van der Waals surface area contributed by atoms with E-state index in [1.807, 2.05) is 0 Å². The van der Waals surface area contributed by atoms with Crippen molar-refractivity contribution < 1.29 is 53.7 Å². The van der Waals surface area contributed by atoms with Crippen molar-refractivity contribution in [1.29, 1.82) is 0 Å². The lowest BCUT2D eigenvalue weighted by Crippen LogP contribution is -2.49. The predicted molar refractivity (Wildman–Crippen MR) is 218 cm³/mol. The molecule has 6 N–H and O–H groups in total. The Hall–Kier alpha value is -5.05. The highest BCUT2D eigenvalue weighted by atomic mass is 32.1. The lowest BCUT2D eigenvalue weighted by molar-refractivity contribution is -0.142. The molecule has 3 rings (SSSR count). The molecule has 0 spiro atoms. The van der Waals surface area contributed by atoms with Crippen LogP contribution < -0.4 is 16.0 Å². The number of hydrogen-bond acceptors (Lipinski definition) is 9. The van der Waals surface area contributed by atoms with Crippen LogP contribution in [0.4, 0.5) is 0 Å².